The van der Waals surface area contributed by atoms with E-state index in [0.29, 0.717) is 0 Å². The minimum atomic E-state index is -0.833. The highest BCUT2D eigenvalue weighted by molar-refractivity contribution is 5.94. The first-order valence-electron chi connectivity index (χ1n) is 4.53. The molecular formula is C8H20ClN5O2. The molecule has 96 valence electrons. The molecule has 0 atom stereocenters. The second-order valence-corrected chi connectivity index (χ2v) is 2.71. The SMILES string of the molecule is CC(=O)O.CCCCNC(=N)NC(=N)N.Cl. The number of carboxylic acids is 1. The van der Waals surface area contributed by atoms with E-state index in [1.54, 1.807) is 0 Å². The Kier molecular flexibility index (Phi) is 16.9. The molecule has 16 heavy (non-hydrogen) atoms. The number of carboxylic acid groups (broad SMARTS) is 1. The third-order valence-electron chi connectivity index (χ3n) is 1.09. The van der Waals surface area contributed by atoms with Gasteiger partial charge in [0.05, 0.1) is 0 Å². The Balaban J connectivity index is -0.000000292. The van der Waals surface area contributed by atoms with Crippen LogP contribution in [-0.2, 0) is 4.79 Å². The Hall–Kier alpha value is -1.50. The number of hydrogen-bond acceptors (Lipinski definition) is 3. The van der Waals surface area contributed by atoms with E-state index in [0.717, 1.165) is 26.3 Å². The van der Waals surface area contributed by atoms with Crippen molar-refractivity contribution in [2.45, 2.75) is 26.7 Å². The predicted octanol–water partition coefficient (Wildman–Crippen LogP) is 0.307. The predicted molar refractivity (Wildman–Crippen MR) is 66.2 cm³/mol. The summed E-state index contributed by atoms with van der Waals surface area (Å²) in [6, 6.07) is 0. The molecule has 7 nitrogen and oxygen atoms in total. The third-order valence-corrected chi connectivity index (χ3v) is 1.09. The topological polar surface area (TPSA) is 135 Å². The first kappa shape index (κ1) is 20.0. The summed E-state index contributed by atoms with van der Waals surface area (Å²) in [4.78, 5) is 9.00. The normalized spacial score (nSPS) is 7.62. The van der Waals surface area contributed by atoms with Gasteiger partial charge in [-0.3, -0.25) is 20.9 Å². The summed E-state index contributed by atoms with van der Waals surface area (Å²) < 4.78 is 0. The van der Waals surface area contributed by atoms with Gasteiger partial charge in [-0.2, -0.15) is 0 Å². The van der Waals surface area contributed by atoms with Gasteiger partial charge in [0.25, 0.3) is 5.97 Å². The Morgan fingerprint density at radius 1 is 1.44 bits per heavy atom. The van der Waals surface area contributed by atoms with Crippen LogP contribution in [-0.4, -0.2) is 29.5 Å². The summed E-state index contributed by atoms with van der Waals surface area (Å²) in [5.41, 5.74) is 4.99. The third kappa shape index (κ3) is 29.4. The molecule has 0 fully saturated rings. The molecule has 0 aromatic heterocycles. The van der Waals surface area contributed by atoms with Gasteiger partial charge in [-0.15, -0.1) is 12.4 Å². The average molecular weight is 254 g/mol. The van der Waals surface area contributed by atoms with E-state index < -0.39 is 5.97 Å². The smallest absolute Gasteiger partial charge is 0.300 e. The number of guanidine groups is 2. The summed E-state index contributed by atoms with van der Waals surface area (Å²) in [5.74, 6) is -0.954. The second-order valence-electron chi connectivity index (χ2n) is 2.71. The van der Waals surface area contributed by atoms with E-state index in [1.807, 2.05) is 0 Å². The summed E-state index contributed by atoms with van der Waals surface area (Å²) in [7, 11) is 0. The van der Waals surface area contributed by atoms with Crippen molar-refractivity contribution in [3.63, 3.8) is 0 Å². The van der Waals surface area contributed by atoms with E-state index in [2.05, 4.69) is 17.6 Å². The number of carbonyl (C=O) groups is 1. The molecule has 0 bridgehead atoms. The molecule has 0 aromatic carbocycles. The molecule has 0 aliphatic heterocycles. The molecule has 0 spiro atoms. The van der Waals surface area contributed by atoms with Crippen molar-refractivity contribution in [3.8, 4) is 0 Å². The van der Waals surface area contributed by atoms with Crippen LogP contribution >= 0.6 is 12.4 Å². The number of halogens is 1. The molecule has 0 aliphatic carbocycles. The van der Waals surface area contributed by atoms with E-state index in [4.69, 9.17) is 26.5 Å². The highest BCUT2D eigenvalue weighted by atomic mass is 35.5. The molecule has 0 rings (SSSR count). The maximum atomic E-state index is 9.00. The molecule has 0 radical (unpaired) electrons. The van der Waals surface area contributed by atoms with Crippen LogP contribution < -0.4 is 16.4 Å². The fourth-order valence-electron chi connectivity index (χ4n) is 0.569. The summed E-state index contributed by atoms with van der Waals surface area (Å²) in [5, 5.41) is 26.5. The van der Waals surface area contributed by atoms with Gasteiger partial charge in [-0.1, -0.05) is 13.3 Å². The first-order chi connectivity index (χ1) is 6.90. The van der Waals surface area contributed by atoms with Crippen LogP contribution in [0.3, 0.4) is 0 Å². The number of hydrogen-bond donors (Lipinski definition) is 6. The van der Waals surface area contributed by atoms with Crippen LogP contribution in [0.5, 0.6) is 0 Å². The van der Waals surface area contributed by atoms with Gasteiger partial charge in [0.15, 0.2) is 11.9 Å². The molecule has 0 heterocycles. The fraction of sp³-hybridized carbons (Fsp3) is 0.625. The Morgan fingerprint density at radius 2 is 1.88 bits per heavy atom. The van der Waals surface area contributed by atoms with Gasteiger partial charge in [0.1, 0.15) is 0 Å². The van der Waals surface area contributed by atoms with Gasteiger partial charge in [-0.05, 0) is 6.42 Å². The lowest BCUT2D eigenvalue weighted by molar-refractivity contribution is -0.134. The molecule has 7 N–H and O–H groups in total. The number of rotatable bonds is 3. The van der Waals surface area contributed by atoms with E-state index in [1.165, 1.54) is 0 Å². The number of nitrogens with one attached hydrogen (secondary N) is 4. The minimum Gasteiger partial charge on any atom is -0.481 e. The van der Waals surface area contributed by atoms with Crippen LogP contribution in [0.4, 0.5) is 0 Å². The Labute approximate surface area is 101 Å². The van der Waals surface area contributed by atoms with Crippen molar-refractivity contribution in [2.75, 3.05) is 6.54 Å². The van der Waals surface area contributed by atoms with Gasteiger partial charge in [0.2, 0.25) is 0 Å². The first-order valence-corrected chi connectivity index (χ1v) is 4.53. The molecule has 0 aliphatic rings. The zero-order valence-corrected chi connectivity index (χ0v) is 10.3. The molecule has 0 amide bonds. The maximum absolute atomic E-state index is 9.00. The molecule has 0 saturated heterocycles. The lowest BCUT2D eigenvalue weighted by Crippen LogP contribution is -2.43. The standard InChI is InChI=1S/C6H15N5.C2H4O2.ClH/c1-2-3-4-10-6(9)11-5(7)8;1-2(3)4;/h2-4H2,1H3,(H6,7,8,9,10,11);1H3,(H,3,4);1H. The van der Waals surface area contributed by atoms with E-state index in [-0.39, 0.29) is 24.3 Å². The molecule has 0 saturated carbocycles. The summed E-state index contributed by atoms with van der Waals surface area (Å²) >= 11 is 0. The van der Waals surface area contributed by atoms with Crippen molar-refractivity contribution < 1.29 is 9.90 Å². The Morgan fingerprint density at radius 3 is 2.19 bits per heavy atom. The van der Waals surface area contributed by atoms with Crippen molar-refractivity contribution in [2.24, 2.45) is 5.73 Å². The quantitative estimate of drug-likeness (QED) is 0.244. The van der Waals surface area contributed by atoms with Crippen LogP contribution in [0, 0.1) is 10.8 Å². The lowest BCUT2D eigenvalue weighted by atomic mass is 10.3. The van der Waals surface area contributed by atoms with Crippen molar-refractivity contribution >= 4 is 30.3 Å². The molecule has 0 aromatic rings. The molecule has 8 heteroatoms. The van der Waals surface area contributed by atoms with Crippen molar-refractivity contribution in [3.05, 3.63) is 0 Å². The van der Waals surface area contributed by atoms with Crippen LogP contribution in [0.1, 0.15) is 26.7 Å². The van der Waals surface area contributed by atoms with Gasteiger partial charge >= 0.3 is 0 Å². The van der Waals surface area contributed by atoms with Gasteiger partial charge in [-0.25, -0.2) is 0 Å². The zero-order chi connectivity index (χ0) is 12.3. The monoisotopic (exact) mass is 253 g/mol. The van der Waals surface area contributed by atoms with Gasteiger partial charge < -0.3 is 16.2 Å². The summed E-state index contributed by atoms with van der Waals surface area (Å²) in [6.45, 7) is 3.90. The number of aliphatic carboxylic acids is 1. The largest absolute Gasteiger partial charge is 0.481 e. The molecule has 0 unspecified atom stereocenters. The number of unbranched alkanes of at least 4 members (excludes halogenated alkanes) is 1. The van der Waals surface area contributed by atoms with Crippen LogP contribution in [0.2, 0.25) is 0 Å². The number of nitrogens with two attached hydrogens (primary N) is 1. The Bertz CT molecular complexity index is 218. The highest BCUT2D eigenvalue weighted by Gasteiger charge is 1.93. The average Bonchev–Trinajstić information content (AvgIpc) is 2.02. The summed E-state index contributed by atoms with van der Waals surface area (Å²) in [6.07, 6.45) is 2.10. The van der Waals surface area contributed by atoms with E-state index >= 15 is 0 Å². The zero-order valence-electron chi connectivity index (χ0n) is 9.46. The van der Waals surface area contributed by atoms with Crippen molar-refractivity contribution in [1.29, 1.82) is 10.8 Å². The van der Waals surface area contributed by atoms with Crippen LogP contribution in [0.15, 0.2) is 0 Å². The maximum Gasteiger partial charge on any atom is 0.300 e. The lowest BCUT2D eigenvalue weighted by Gasteiger charge is -2.06. The van der Waals surface area contributed by atoms with E-state index in [9.17, 15) is 0 Å². The highest BCUT2D eigenvalue weighted by Crippen LogP contribution is 1.80. The second kappa shape index (κ2) is 13.5. The van der Waals surface area contributed by atoms with Crippen molar-refractivity contribution in [1.82, 2.24) is 10.6 Å². The fourth-order valence-corrected chi connectivity index (χ4v) is 0.569. The van der Waals surface area contributed by atoms with Gasteiger partial charge in [0, 0.05) is 13.5 Å². The minimum absolute atomic E-state index is 0. The van der Waals surface area contributed by atoms with Crippen LogP contribution in [0.25, 0.3) is 0 Å². The molecular weight excluding hydrogens is 234 g/mol.